The summed E-state index contributed by atoms with van der Waals surface area (Å²) < 4.78 is 39.9. The van der Waals surface area contributed by atoms with Crippen LogP contribution in [0.15, 0.2) is 0 Å². The second-order valence-corrected chi connectivity index (χ2v) is 3.04. The molecular formula is C7H7ClF3N3O. The Morgan fingerprint density at radius 3 is 2.53 bits per heavy atom. The number of halogens is 4. The van der Waals surface area contributed by atoms with Gasteiger partial charge in [0, 0.05) is 0 Å². The third kappa shape index (κ3) is 3.43. The molecule has 0 atom stereocenters. The van der Waals surface area contributed by atoms with Crippen LogP contribution in [0.4, 0.5) is 18.9 Å². The number of alkyl halides is 3. The van der Waals surface area contributed by atoms with Crippen molar-refractivity contribution in [3.63, 3.8) is 0 Å². The van der Waals surface area contributed by atoms with Gasteiger partial charge in [0.15, 0.2) is 6.61 Å². The Kier molecular flexibility index (Phi) is 3.23. The Morgan fingerprint density at radius 1 is 1.40 bits per heavy atom. The maximum Gasteiger partial charge on any atom is 0.422 e. The number of ether oxygens (including phenoxy) is 1. The van der Waals surface area contributed by atoms with Crippen molar-refractivity contribution in [2.24, 2.45) is 0 Å². The highest BCUT2D eigenvalue weighted by molar-refractivity contribution is 6.28. The highest BCUT2D eigenvalue weighted by Crippen LogP contribution is 2.25. The molecule has 0 saturated carbocycles. The summed E-state index contributed by atoms with van der Waals surface area (Å²) in [6, 6.07) is 0. The first kappa shape index (κ1) is 11.8. The summed E-state index contributed by atoms with van der Waals surface area (Å²) >= 11 is 5.43. The minimum atomic E-state index is -4.45. The van der Waals surface area contributed by atoms with E-state index >= 15 is 0 Å². The van der Waals surface area contributed by atoms with Crippen LogP contribution in [0.2, 0.25) is 5.28 Å². The Hall–Kier alpha value is -1.24. The van der Waals surface area contributed by atoms with E-state index in [1.807, 2.05) is 0 Å². The maximum absolute atomic E-state index is 11.8. The summed E-state index contributed by atoms with van der Waals surface area (Å²) in [7, 11) is 0. The molecule has 1 heterocycles. The molecule has 0 aliphatic heterocycles. The van der Waals surface area contributed by atoms with Gasteiger partial charge >= 0.3 is 6.18 Å². The minimum absolute atomic E-state index is 0.0522. The van der Waals surface area contributed by atoms with E-state index in [9.17, 15) is 13.2 Å². The van der Waals surface area contributed by atoms with Crippen LogP contribution in [0.1, 0.15) is 5.69 Å². The molecule has 1 rings (SSSR count). The topological polar surface area (TPSA) is 61.0 Å². The van der Waals surface area contributed by atoms with E-state index in [-0.39, 0.29) is 22.5 Å². The maximum atomic E-state index is 11.8. The lowest BCUT2D eigenvalue weighted by Gasteiger charge is -2.10. The second-order valence-electron chi connectivity index (χ2n) is 2.70. The number of hydrogen-bond donors (Lipinski definition) is 1. The predicted octanol–water partition coefficient (Wildman–Crippen LogP) is 1.96. The smallest absolute Gasteiger partial charge is 0.422 e. The molecule has 1 aromatic rings. The molecule has 4 nitrogen and oxygen atoms in total. The van der Waals surface area contributed by atoms with Crippen molar-refractivity contribution in [2.75, 3.05) is 12.3 Å². The zero-order valence-electron chi connectivity index (χ0n) is 7.60. The summed E-state index contributed by atoms with van der Waals surface area (Å²) in [5.41, 5.74) is 5.62. The largest absolute Gasteiger partial charge is 0.466 e. The number of anilines is 1. The quantitative estimate of drug-likeness (QED) is 0.804. The van der Waals surface area contributed by atoms with Gasteiger partial charge < -0.3 is 10.5 Å². The van der Waals surface area contributed by atoms with Gasteiger partial charge in [0.1, 0.15) is 5.69 Å². The molecule has 0 bridgehead atoms. The summed E-state index contributed by atoms with van der Waals surface area (Å²) in [4.78, 5) is 7.09. The molecule has 0 aromatic carbocycles. The van der Waals surface area contributed by atoms with Crippen molar-refractivity contribution < 1.29 is 17.9 Å². The molecule has 0 aliphatic carbocycles. The molecule has 8 heteroatoms. The number of nitrogens with two attached hydrogens (primary N) is 1. The average molecular weight is 242 g/mol. The first-order valence-electron chi connectivity index (χ1n) is 3.79. The van der Waals surface area contributed by atoms with E-state index in [1.165, 1.54) is 6.92 Å². The van der Waals surface area contributed by atoms with Crippen LogP contribution in [0.25, 0.3) is 0 Å². The third-order valence-electron chi connectivity index (χ3n) is 1.45. The molecule has 0 fully saturated rings. The Labute approximate surface area is 88.2 Å². The standard InChI is InChI=1S/C7H7ClF3N3O/c1-3-4(12)5(14-6(8)13-3)15-2-7(9,10)11/h2,12H2,1H3. The fourth-order valence-corrected chi connectivity index (χ4v) is 0.986. The third-order valence-corrected chi connectivity index (χ3v) is 1.62. The molecule has 15 heavy (non-hydrogen) atoms. The van der Waals surface area contributed by atoms with Crippen molar-refractivity contribution in [1.82, 2.24) is 9.97 Å². The highest BCUT2D eigenvalue weighted by Gasteiger charge is 2.29. The van der Waals surface area contributed by atoms with Gasteiger partial charge in [-0.1, -0.05) is 0 Å². The number of aromatic nitrogens is 2. The zero-order valence-corrected chi connectivity index (χ0v) is 8.35. The highest BCUT2D eigenvalue weighted by atomic mass is 35.5. The van der Waals surface area contributed by atoms with Crippen LogP contribution in [0.3, 0.4) is 0 Å². The molecule has 1 aromatic heterocycles. The van der Waals surface area contributed by atoms with Crippen molar-refractivity contribution >= 4 is 17.3 Å². The molecule has 0 amide bonds. The average Bonchev–Trinajstić information content (AvgIpc) is 2.07. The summed E-state index contributed by atoms with van der Waals surface area (Å²) in [6.45, 7) is 0.0212. The lowest BCUT2D eigenvalue weighted by atomic mass is 10.4. The zero-order chi connectivity index (χ0) is 11.6. The van der Waals surface area contributed by atoms with Crippen LogP contribution in [0, 0.1) is 6.92 Å². The van der Waals surface area contributed by atoms with E-state index in [4.69, 9.17) is 17.3 Å². The first-order chi connectivity index (χ1) is 6.79. The lowest BCUT2D eigenvalue weighted by molar-refractivity contribution is -0.153. The van der Waals surface area contributed by atoms with Gasteiger partial charge in [-0.25, -0.2) is 4.98 Å². The van der Waals surface area contributed by atoms with Gasteiger partial charge in [0.05, 0.1) is 5.69 Å². The van der Waals surface area contributed by atoms with E-state index in [0.717, 1.165) is 0 Å². The SMILES string of the molecule is Cc1nc(Cl)nc(OCC(F)(F)F)c1N. The van der Waals surface area contributed by atoms with Gasteiger partial charge in [0.25, 0.3) is 0 Å². The minimum Gasteiger partial charge on any atom is -0.466 e. The number of nitrogen functional groups attached to an aromatic ring is 1. The first-order valence-corrected chi connectivity index (χ1v) is 4.16. The van der Waals surface area contributed by atoms with Crippen LogP contribution in [-0.4, -0.2) is 22.8 Å². The van der Waals surface area contributed by atoms with Crippen molar-refractivity contribution in [3.8, 4) is 5.88 Å². The van der Waals surface area contributed by atoms with Gasteiger partial charge in [-0.3, -0.25) is 0 Å². The molecule has 0 aliphatic rings. The Bertz CT molecular complexity index is 369. The van der Waals surface area contributed by atoms with E-state index in [1.54, 1.807) is 0 Å². The van der Waals surface area contributed by atoms with Crippen LogP contribution in [-0.2, 0) is 0 Å². The molecule has 0 unspecified atom stereocenters. The summed E-state index contributed by atoms with van der Waals surface area (Å²) in [5.74, 6) is -0.357. The van der Waals surface area contributed by atoms with E-state index in [2.05, 4.69) is 14.7 Å². The molecule has 2 N–H and O–H groups in total. The van der Waals surface area contributed by atoms with Crippen molar-refractivity contribution in [2.45, 2.75) is 13.1 Å². The fraction of sp³-hybridized carbons (Fsp3) is 0.429. The van der Waals surface area contributed by atoms with Crippen molar-refractivity contribution in [3.05, 3.63) is 11.0 Å². The van der Waals surface area contributed by atoms with Gasteiger partial charge in [-0.05, 0) is 18.5 Å². The molecule has 0 saturated heterocycles. The van der Waals surface area contributed by atoms with Crippen molar-refractivity contribution in [1.29, 1.82) is 0 Å². The fourth-order valence-electron chi connectivity index (χ4n) is 0.783. The number of rotatable bonds is 2. The second kappa shape index (κ2) is 4.09. The predicted molar refractivity (Wildman–Crippen MR) is 47.7 cm³/mol. The van der Waals surface area contributed by atoms with Gasteiger partial charge in [-0.15, -0.1) is 0 Å². The number of nitrogens with zero attached hydrogens (tertiary/aromatic N) is 2. The molecule has 0 radical (unpaired) electrons. The molecular weight excluding hydrogens is 235 g/mol. The van der Waals surface area contributed by atoms with E-state index < -0.39 is 12.8 Å². The monoisotopic (exact) mass is 241 g/mol. The Balaban J connectivity index is 2.86. The van der Waals surface area contributed by atoms with Crippen LogP contribution >= 0.6 is 11.6 Å². The lowest BCUT2D eigenvalue weighted by Crippen LogP contribution is -2.20. The number of aryl methyl sites for hydroxylation is 1. The number of hydrogen-bond acceptors (Lipinski definition) is 4. The van der Waals surface area contributed by atoms with Crippen LogP contribution in [0.5, 0.6) is 5.88 Å². The van der Waals surface area contributed by atoms with Gasteiger partial charge in [0.2, 0.25) is 11.2 Å². The molecule has 84 valence electrons. The summed E-state index contributed by atoms with van der Waals surface area (Å²) in [6.07, 6.45) is -4.45. The van der Waals surface area contributed by atoms with E-state index in [0.29, 0.717) is 0 Å². The van der Waals surface area contributed by atoms with Gasteiger partial charge in [-0.2, -0.15) is 18.2 Å². The summed E-state index contributed by atoms with van der Waals surface area (Å²) in [5, 5.41) is -0.209. The Morgan fingerprint density at radius 2 is 2.00 bits per heavy atom. The van der Waals surface area contributed by atoms with Crippen LogP contribution < -0.4 is 10.5 Å². The molecule has 0 spiro atoms. The normalized spacial score (nSPS) is 11.5.